The molecule has 2 heterocycles. The Morgan fingerprint density at radius 2 is 2.29 bits per heavy atom. The number of halogens is 1. The van der Waals surface area contributed by atoms with Gasteiger partial charge in [-0.05, 0) is 22.4 Å². The standard InChI is InChI=1S/C7H9BrN2O3S/c8-6-5(7(9)13-10-6)4-1-2-14(11,12)3-4/h4H,1-3,9H2. The van der Waals surface area contributed by atoms with E-state index in [0.717, 1.165) is 0 Å². The van der Waals surface area contributed by atoms with Crippen LogP contribution in [-0.4, -0.2) is 25.1 Å². The highest BCUT2D eigenvalue weighted by atomic mass is 79.9. The van der Waals surface area contributed by atoms with Gasteiger partial charge < -0.3 is 10.3 Å². The van der Waals surface area contributed by atoms with E-state index < -0.39 is 9.84 Å². The van der Waals surface area contributed by atoms with Crippen LogP contribution in [0, 0.1) is 0 Å². The van der Waals surface area contributed by atoms with E-state index in [4.69, 9.17) is 10.3 Å². The van der Waals surface area contributed by atoms with Crippen LogP contribution in [0.15, 0.2) is 9.13 Å². The maximum atomic E-state index is 11.3. The molecule has 0 spiro atoms. The van der Waals surface area contributed by atoms with Gasteiger partial charge in [0.1, 0.15) is 0 Å². The minimum atomic E-state index is -2.90. The molecule has 2 N–H and O–H groups in total. The number of aromatic nitrogens is 1. The molecule has 1 aromatic heterocycles. The Hall–Kier alpha value is -0.560. The summed E-state index contributed by atoms with van der Waals surface area (Å²) in [6.07, 6.45) is 0.590. The van der Waals surface area contributed by atoms with E-state index in [-0.39, 0.29) is 23.3 Å². The lowest BCUT2D eigenvalue weighted by molar-refractivity contribution is 0.431. The van der Waals surface area contributed by atoms with Crippen molar-refractivity contribution in [2.75, 3.05) is 17.2 Å². The lowest BCUT2D eigenvalue weighted by Crippen LogP contribution is -2.05. The number of nitrogens with zero attached hydrogens (tertiary/aromatic N) is 1. The lowest BCUT2D eigenvalue weighted by atomic mass is 10.0. The third-order valence-electron chi connectivity index (χ3n) is 2.35. The van der Waals surface area contributed by atoms with Crippen molar-refractivity contribution in [1.29, 1.82) is 0 Å². The molecule has 0 aromatic carbocycles. The molecule has 0 saturated carbocycles. The molecule has 0 amide bonds. The third-order valence-corrected chi connectivity index (χ3v) is 4.69. The summed E-state index contributed by atoms with van der Waals surface area (Å²) in [6, 6.07) is 0. The number of nitrogen functional groups attached to an aromatic ring is 1. The van der Waals surface area contributed by atoms with Gasteiger partial charge in [0.15, 0.2) is 14.4 Å². The summed E-state index contributed by atoms with van der Waals surface area (Å²) in [5.74, 6) is 0.478. The fourth-order valence-electron chi connectivity index (χ4n) is 1.68. The first-order valence-electron chi connectivity index (χ1n) is 4.10. The molecule has 78 valence electrons. The lowest BCUT2D eigenvalue weighted by Gasteiger charge is -2.04. The molecule has 1 saturated heterocycles. The predicted molar refractivity (Wildman–Crippen MR) is 54.6 cm³/mol. The zero-order valence-electron chi connectivity index (χ0n) is 7.23. The first-order valence-corrected chi connectivity index (χ1v) is 6.72. The van der Waals surface area contributed by atoms with Crippen LogP contribution in [-0.2, 0) is 9.84 Å². The Balaban J connectivity index is 2.34. The first-order chi connectivity index (χ1) is 6.49. The molecule has 1 unspecified atom stereocenters. The van der Waals surface area contributed by atoms with Crippen molar-refractivity contribution < 1.29 is 12.9 Å². The highest BCUT2D eigenvalue weighted by Crippen LogP contribution is 2.36. The van der Waals surface area contributed by atoms with Gasteiger partial charge in [-0.3, -0.25) is 0 Å². The Morgan fingerprint density at radius 3 is 2.71 bits per heavy atom. The largest absolute Gasteiger partial charge is 0.367 e. The molecule has 2 rings (SSSR count). The summed E-state index contributed by atoms with van der Waals surface area (Å²) in [7, 11) is -2.90. The van der Waals surface area contributed by atoms with E-state index in [2.05, 4.69) is 21.1 Å². The second kappa shape index (κ2) is 3.23. The van der Waals surface area contributed by atoms with E-state index in [1.807, 2.05) is 0 Å². The Kier molecular flexibility index (Phi) is 2.30. The van der Waals surface area contributed by atoms with E-state index in [0.29, 0.717) is 16.6 Å². The monoisotopic (exact) mass is 280 g/mol. The van der Waals surface area contributed by atoms with Crippen molar-refractivity contribution in [1.82, 2.24) is 5.16 Å². The predicted octanol–water partition coefficient (Wildman–Crippen LogP) is 0.921. The van der Waals surface area contributed by atoms with E-state index in [9.17, 15) is 8.42 Å². The maximum absolute atomic E-state index is 11.3. The quantitative estimate of drug-likeness (QED) is 0.827. The summed E-state index contributed by atoms with van der Waals surface area (Å²) < 4.78 is 27.8. The van der Waals surface area contributed by atoms with Gasteiger partial charge >= 0.3 is 0 Å². The van der Waals surface area contributed by atoms with Gasteiger partial charge in [0.25, 0.3) is 0 Å². The zero-order chi connectivity index (χ0) is 10.3. The second-order valence-corrected chi connectivity index (χ2v) is 6.33. The van der Waals surface area contributed by atoms with Crippen LogP contribution in [0.1, 0.15) is 17.9 Å². The molecule has 5 nitrogen and oxygen atoms in total. The van der Waals surface area contributed by atoms with Crippen molar-refractivity contribution >= 4 is 31.7 Å². The summed E-state index contributed by atoms with van der Waals surface area (Å²) >= 11 is 3.18. The van der Waals surface area contributed by atoms with Crippen molar-refractivity contribution in [3.8, 4) is 0 Å². The topological polar surface area (TPSA) is 86.2 Å². The number of anilines is 1. The molecular weight excluding hydrogens is 272 g/mol. The molecule has 0 bridgehead atoms. The van der Waals surface area contributed by atoms with Crippen LogP contribution in [0.3, 0.4) is 0 Å². The SMILES string of the molecule is Nc1onc(Br)c1C1CCS(=O)(=O)C1. The highest BCUT2D eigenvalue weighted by molar-refractivity contribution is 9.10. The molecule has 1 aliphatic heterocycles. The van der Waals surface area contributed by atoms with Crippen LogP contribution < -0.4 is 5.73 Å². The molecule has 14 heavy (non-hydrogen) atoms. The molecule has 1 aromatic rings. The van der Waals surface area contributed by atoms with Crippen LogP contribution in [0.5, 0.6) is 0 Å². The normalized spacial score (nSPS) is 25.4. The van der Waals surface area contributed by atoms with Crippen molar-refractivity contribution in [2.45, 2.75) is 12.3 Å². The summed E-state index contributed by atoms with van der Waals surface area (Å²) in [4.78, 5) is 0. The number of hydrogen-bond acceptors (Lipinski definition) is 5. The molecule has 1 atom stereocenters. The van der Waals surface area contributed by atoms with Gasteiger partial charge in [-0.1, -0.05) is 5.16 Å². The van der Waals surface area contributed by atoms with Gasteiger partial charge in [0.05, 0.1) is 17.1 Å². The number of rotatable bonds is 1. The van der Waals surface area contributed by atoms with Crippen molar-refractivity contribution in [3.63, 3.8) is 0 Å². The van der Waals surface area contributed by atoms with Crippen molar-refractivity contribution in [2.24, 2.45) is 0 Å². The first kappa shape index (κ1) is 9.97. The van der Waals surface area contributed by atoms with E-state index >= 15 is 0 Å². The Morgan fingerprint density at radius 1 is 1.57 bits per heavy atom. The molecule has 1 aliphatic rings. The summed E-state index contributed by atoms with van der Waals surface area (Å²) in [6.45, 7) is 0. The second-order valence-electron chi connectivity index (χ2n) is 3.35. The maximum Gasteiger partial charge on any atom is 0.226 e. The van der Waals surface area contributed by atoms with Crippen LogP contribution in [0.2, 0.25) is 0 Å². The average Bonchev–Trinajstić information content (AvgIpc) is 2.56. The van der Waals surface area contributed by atoms with Crippen LogP contribution in [0.25, 0.3) is 0 Å². The van der Waals surface area contributed by atoms with E-state index in [1.54, 1.807) is 0 Å². The molecule has 1 fully saturated rings. The van der Waals surface area contributed by atoms with Gasteiger partial charge in [-0.25, -0.2) is 8.42 Å². The third kappa shape index (κ3) is 1.66. The fraction of sp³-hybridized carbons (Fsp3) is 0.571. The van der Waals surface area contributed by atoms with Gasteiger partial charge in [0.2, 0.25) is 5.88 Å². The molecular formula is C7H9BrN2O3S. The van der Waals surface area contributed by atoms with Gasteiger partial charge in [-0.2, -0.15) is 0 Å². The Bertz CT molecular complexity index is 434. The van der Waals surface area contributed by atoms with Gasteiger partial charge in [-0.15, -0.1) is 0 Å². The number of nitrogens with two attached hydrogens (primary N) is 1. The average molecular weight is 281 g/mol. The fourth-order valence-corrected chi connectivity index (χ4v) is 4.03. The number of hydrogen-bond donors (Lipinski definition) is 1. The minimum absolute atomic E-state index is 0.0828. The van der Waals surface area contributed by atoms with E-state index in [1.165, 1.54) is 0 Å². The Labute approximate surface area is 89.7 Å². The molecule has 7 heteroatoms. The highest BCUT2D eigenvalue weighted by Gasteiger charge is 2.33. The smallest absolute Gasteiger partial charge is 0.226 e. The summed E-state index contributed by atoms with van der Waals surface area (Å²) in [5.41, 5.74) is 6.24. The van der Waals surface area contributed by atoms with Gasteiger partial charge in [0, 0.05) is 5.92 Å². The molecule has 0 aliphatic carbocycles. The minimum Gasteiger partial charge on any atom is -0.367 e. The van der Waals surface area contributed by atoms with Crippen LogP contribution >= 0.6 is 15.9 Å². The summed E-state index contributed by atoms with van der Waals surface area (Å²) in [5, 5.41) is 3.63. The van der Waals surface area contributed by atoms with Crippen LogP contribution in [0.4, 0.5) is 5.88 Å². The van der Waals surface area contributed by atoms with Crippen molar-refractivity contribution in [3.05, 3.63) is 10.2 Å². The number of sulfone groups is 1. The molecule has 0 radical (unpaired) electrons. The zero-order valence-corrected chi connectivity index (χ0v) is 9.64.